The van der Waals surface area contributed by atoms with E-state index in [0.29, 0.717) is 0 Å². The maximum absolute atomic E-state index is 10.6. The molecule has 1 heterocycles. The Kier molecular flexibility index (Phi) is 4.15. The molecular weight excluding hydrogens is 188 g/mol. The van der Waals surface area contributed by atoms with Crippen molar-refractivity contribution in [1.82, 2.24) is 4.90 Å². The van der Waals surface area contributed by atoms with Crippen LogP contribution >= 0.6 is 0 Å². The summed E-state index contributed by atoms with van der Waals surface area (Å²) >= 11 is 0. The molecule has 0 amide bonds. The Hall–Kier alpha value is -0.120. The first-order valence-electron chi connectivity index (χ1n) is 6.25. The largest absolute Gasteiger partial charge is 0.388 e. The first-order valence-corrected chi connectivity index (χ1v) is 6.25. The van der Waals surface area contributed by atoms with Gasteiger partial charge in [-0.05, 0) is 38.8 Å². The molecule has 1 atom stereocenters. The predicted molar refractivity (Wildman–Crippen MR) is 63.8 cm³/mol. The van der Waals surface area contributed by atoms with Crippen LogP contribution in [0.15, 0.2) is 0 Å². The van der Waals surface area contributed by atoms with Crippen LogP contribution in [0, 0.1) is 0 Å². The SMILES string of the molecule is CCN1CCCC(N)(C(O)(CC)CC)C1. The predicted octanol–water partition coefficient (Wildman–Crippen LogP) is 1.35. The van der Waals surface area contributed by atoms with E-state index in [9.17, 15) is 5.11 Å². The number of rotatable bonds is 4. The molecule has 1 aliphatic heterocycles. The summed E-state index contributed by atoms with van der Waals surface area (Å²) in [4.78, 5) is 2.35. The highest BCUT2D eigenvalue weighted by Gasteiger charge is 2.46. The van der Waals surface area contributed by atoms with Crippen LogP contribution in [0.5, 0.6) is 0 Å². The van der Waals surface area contributed by atoms with Crippen molar-refractivity contribution in [2.45, 2.75) is 57.6 Å². The summed E-state index contributed by atoms with van der Waals surface area (Å²) in [6, 6.07) is 0. The Balaban J connectivity index is 2.79. The van der Waals surface area contributed by atoms with Crippen molar-refractivity contribution in [2.75, 3.05) is 19.6 Å². The first-order chi connectivity index (χ1) is 7.01. The van der Waals surface area contributed by atoms with E-state index in [4.69, 9.17) is 5.73 Å². The van der Waals surface area contributed by atoms with E-state index in [1.54, 1.807) is 0 Å². The molecular formula is C12H26N2O. The van der Waals surface area contributed by atoms with Crippen LogP contribution in [-0.2, 0) is 0 Å². The maximum Gasteiger partial charge on any atom is 0.0833 e. The van der Waals surface area contributed by atoms with Gasteiger partial charge >= 0.3 is 0 Å². The average molecular weight is 214 g/mol. The van der Waals surface area contributed by atoms with Gasteiger partial charge in [0.05, 0.1) is 11.1 Å². The normalized spacial score (nSPS) is 29.4. The lowest BCUT2D eigenvalue weighted by molar-refractivity contribution is -0.0707. The molecule has 0 aromatic rings. The monoisotopic (exact) mass is 214 g/mol. The van der Waals surface area contributed by atoms with Crippen LogP contribution in [0.3, 0.4) is 0 Å². The van der Waals surface area contributed by atoms with Gasteiger partial charge in [0.25, 0.3) is 0 Å². The molecule has 3 heteroatoms. The number of nitrogens with zero attached hydrogens (tertiary/aromatic N) is 1. The van der Waals surface area contributed by atoms with Crippen LogP contribution in [0.4, 0.5) is 0 Å². The summed E-state index contributed by atoms with van der Waals surface area (Å²) < 4.78 is 0. The van der Waals surface area contributed by atoms with E-state index in [1.807, 2.05) is 13.8 Å². The van der Waals surface area contributed by atoms with E-state index in [1.165, 1.54) is 0 Å². The molecule has 90 valence electrons. The molecule has 1 fully saturated rings. The van der Waals surface area contributed by atoms with Crippen molar-refractivity contribution in [3.05, 3.63) is 0 Å². The smallest absolute Gasteiger partial charge is 0.0833 e. The molecule has 1 rings (SSSR count). The number of likely N-dealkylation sites (tertiary alicyclic amines) is 1. The Morgan fingerprint density at radius 2 is 1.93 bits per heavy atom. The lowest BCUT2D eigenvalue weighted by Crippen LogP contribution is -2.67. The van der Waals surface area contributed by atoms with Gasteiger partial charge in [-0.3, -0.25) is 0 Å². The fourth-order valence-electron chi connectivity index (χ4n) is 2.78. The van der Waals surface area contributed by atoms with E-state index in [-0.39, 0.29) is 0 Å². The van der Waals surface area contributed by atoms with E-state index < -0.39 is 11.1 Å². The van der Waals surface area contributed by atoms with E-state index >= 15 is 0 Å². The first kappa shape index (κ1) is 12.9. The van der Waals surface area contributed by atoms with Gasteiger partial charge in [0.15, 0.2) is 0 Å². The molecule has 0 aromatic carbocycles. The molecule has 15 heavy (non-hydrogen) atoms. The van der Waals surface area contributed by atoms with Gasteiger partial charge < -0.3 is 15.7 Å². The third-order valence-electron chi connectivity index (χ3n) is 4.15. The van der Waals surface area contributed by atoms with Gasteiger partial charge in [0.1, 0.15) is 0 Å². The second kappa shape index (κ2) is 4.81. The maximum atomic E-state index is 10.6. The quantitative estimate of drug-likeness (QED) is 0.743. The van der Waals surface area contributed by atoms with Crippen LogP contribution in [-0.4, -0.2) is 40.8 Å². The summed E-state index contributed by atoms with van der Waals surface area (Å²) in [5, 5.41) is 10.6. The van der Waals surface area contributed by atoms with Gasteiger partial charge in [0.2, 0.25) is 0 Å². The number of hydrogen-bond acceptors (Lipinski definition) is 3. The Morgan fingerprint density at radius 1 is 1.33 bits per heavy atom. The Morgan fingerprint density at radius 3 is 2.40 bits per heavy atom. The number of likely N-dealkylation sites (N-methyl/N-ethyl adjacent to an activating group) is 1. The van der Waals surface area contributed by atoms with Gasteiger partial charge in [-0.2, -0.15) is 0 Å². The molecule has 0 bridgehead atoms. The zero-order valence-electron chi connectivity index (χ0n) is 10.4. The van der Waals surface area contributed by atoms with Crippen molar-refractivity contribution in [2.24, 2.45) is 5.73 Å². The van der Waals surface area contributed by atoms with Crippen LogP contribution in [0.2, 0.25) is 0 Å². The minimum absolute atomic E-state index is 0.412. The molecule has 0 aliphatic carbocycles. The van der Waals surface area contributed by atoms with Crippen molar-refractivity contribution in [1.29, 1.82) is 0 Å². The van der Waals surface area contributed by atoms with Gasteiger partial charge in [-0.1, -0.05) is 20.8 Å². The molecule has 0 spiro atoms. The highest BCUT2D eigenvalue weighted by molar-refractivity contribution is 5.05. The molecule has 1 saturated heterocycles. The van der Waals surface area contributed by atoms with E-state index in [0.717, 1.165) is 45.3 Å². The number of nitrogens with two attached hydrogens (primary N) is 1. The highest BCUT2D eigenvalue weighted by Crippen LogP contribution is 2.34. The molecule has 1 unspecified atom stereocenters. The van der Waals surface area contributed by atoms with Crippen molar-refractivity contribution in [3.8, 4) is 0 Å². The standard InChI is InChI=1S/C12H26N2O/c1-4-12(15,5-2)11(13)8-7-9-14(6-3)10-11/h15H,4-10,13H2,1-3H3. The second-order valence-electron chi connectivity index (χ2n) is 4.87. The third-order valence-corrected chi connectivity index (χ3v) is 4.15. The summed E-state index contributed by atoms with van der Waals surface area (Å²) in [7, 11) is 0. The lowest BCUT2D eigenvalue weighted by atomic mass is 9.72. The molecule has 3 nitrogen and oxygen atoms in total. The number of piperidine rings is 1. The zero-order chi connectivity index (χ0) is 11.5. The van der Waals surface area contributed by atoms with Crippen LogP contribution < -0.4 is 5.73 Å². The minimum atomic E-state index is -0.694. The van der Waals surface area contributed by atoms with Crippen molar-refractivity contribution >= 4 is 0 Å². The summed E-state index contributed by atoms with van der Waals surface area (Å²) in [5.74, 6) is 0. The lowest BCUT2D eigenvalue weighted by Gasteiger charge is -2.49. The second-order valence-corrected chi connectivity index (χ2v) is 4.87. The van der Waals surface area contributed by atoms with Crippen LogP contribution in [0.1, 0.15) is 46.5 Å². The number of aliphatic hydroxyl groups is 1. The fourth-order valence-corrected chi connectivity index (χ4v) is 2.78. The molecule has 3 N–H and O–H groups in total. The summed E-state index contributed by atoms with van der Waals surface area (Å²) in [6.07, 6.45) is 3.55. The van der Waals surface area contributed by atoms with Gasteiger partial charge in [-0.25, -0.2) is 0 Å². The molecule has 0 aromatic heterocycles. The third kappa shape index (κ3) is 2.35. The van der Waals surface area contributed by atoms with Crippen molar-refractivity contribution in [3.63, 3.8) is 0 Å². The highest BCUT2D eigenvalue weighted by atomic mass is 16.3. The minimum Gasteiger partial charge on any atom is -0.388 e. The molecule has 0 saturated carbocycles. The summed E-state index contributed by atoms with van der Waals surface area (Å²) in [6.45, 7) is 9.21. The Bertz CT molecular complexity index is 204. The zero-order valence-corrected chi connectivity index (χ0v) is 10.4. The summed E-state index contributed by atoms with van der Waals surface area (Å²) in [5.41, 5.74) is 5.33. The van der Waals surface area contributed by atoms with E-state index in [2.05, 4.69) is 11.8 Å². The van der Waals surface area contributed by atoms with Gasteiger partial charge in [-0.15, -0.1) is 0 Å². The molecule has 1 aliphatic rings. The van der Waals surface area contributed by atoms with Gasteiger partial charge in [0, 0.05) is 6.54 Å². The van der Waals surface area contributed by atoms with Crippen molar-refractivity contribution < 1.29 is 5.11 Å². The average Bonchev–Trinajstić information content (AvgIpc) is 2.27. The van der Waals surface area contributed by atoms with Crippen LogP contribution in [0.25, 0.3) is 0 Å². The topological polar surface area (TPSA) is 49.5 Å². The Labute approximate surface area is 93.6 Å². The number of hydrogen-bond donors (Lipinski definition) is 2. The molecule has 0 radical (unpaired) electrons. The fraction of sp³-hybridized carbons (Fsp3) is 1.00.